The predicted molar refractivity (Wildman–Crippen MR) is 169 cm³/mol. The van der Waals surface area contributed by atoms with Crippen molar-refractivity contribution in [1.29, 1.82) is 0 Å². The van der Waals surface area contributed by atoms with Crippen molar-refractivity contribution in [2.24, 2.45) is 39.9 Å². The van der Waals surface area contributed by atoms with Crippen LogP contribution in [0.3, 0.4) is 0 Å². The number of rotatable bonds is 7. The van der Waals surface area contributed by atoms with Gasteiger partial charge in [0.1, 0.15) is 0 Å². The monoisotopic (exact) mass is 560 g/mol. The molecule has 0 saturated heterocycles. The van der Waals surface area contributed by atoms with Crippen LogP contribution in [0.2, 0.25) is 0 Å². The van der Waals surface area contributed by atoms with E-state index in [-0.39, 0.29) is 57.3 Å². The van der Waals surface area contributed by atoms with Crippen LogP contribution >= 0.6 is 0 Å². The first-order valence-corrected chi connectivity index (χ1v) is 16.2. The topological polar surface area (TPSA) is 51.2 Å². The van der Waals surface area contributed by atoms with Crippen LogP contribution < -0.4 is 0 Å². The summed E-state index contributed by atoms with van der Waals surface area (Å²) in [5, 5.41) is 0. The third kappa shape index (κ3) is 4.29. The lowest BCUT2D eigenvalue weighted by molar-refractivity contribution is -0.184. The van der Waals surface area contributed by atoms with E-state index in [0.717, 1.165) is 29.0 Å². The fourth-order valence-corrected chi connectivity index (χ4v) is 10.2. The summed E-state index contributed by atoms with van der Waals surface area (Å²) in [7, 11) is 0. The molecule has 7 unspecified atom stereocenters. The third-order valence-corrected chi connectivity index (χ3v) is 13.3. The molecule has 7 atom stereocenters. The highest BCUT2D eigenvalue weighted by Gasteiger charge is 2.72. The molecule has 1 aromatic carbocycles. The van der Waals surface area contributed by atoms with Crippen molar-refractivity contribution in [2.45, 2.75) is 133 Å². The number of hydrogen-bond acceptors (Lipinski definition) is 3. The Morgan fingerprint density at radius 2 is 1.63 bits per heavy atom. The van der Waals surface area contributed by atoms with Gasteiger partial charge in [-0.25, -0.2) is 0 Å². The Morgan fingerprint density at radius 1 is 1.02 bits per heavy atom. The average molecular weight is 561 g/mol. The molecular weight excluding hydrogens is 504 g/mol. The smallest absolute Gasteiger partial charge is 0.173 e. The molecule has 1 aromatic rings. The SMILES string of the molecule is CC(=O)C1=C(C)CC2(C)C(C)C3(C)C(C)c4ccc(C(C)(C)CCCCC(C)C)c(C)c4C(=O)C3C(C)C2(C)C1=O. The van der Waals surface area contributed by atoms with Gasteiger partial charge in [0.05, 0.1) is 5.57 Å². The molecule has 0 spiro atoms. The van der Waals surface area contributed by atoms with Gasteiger partial charge in [0.25, 0.3) is 0 Å². The lowest BCUT2D eigenvalue weighted by atomic mass is 9.33. The van der Waals surface area contributed by atoms with Gasteiger partial charge in [0, 0.05) is 16.9 Å². The Kier molecular flexibility index (Phi) is 8.02. The second kappa shape index (κ2) is 10.3. The van der Waals surface area contributed by atoms with E-state index in [1.165, 1.54) is 37.3 Å². The first-order chi connectivity index (χ1) is 18.8. The molecule has 226 valence electrons. The van der Waals surface area contributed by atoms with Gasteiger partial charge in [-0.3, -0.25) is 14.4 Å². The van der Waals surface area contributed by atoms with Gasteiger partial charge in [-0.2, -0.15) is 0 Å². The number of carbonyl (C=O) groups excluding carboxylic acids is 3. The van der Waals surface area contributed by atoms with Gasteiger partial charge < -0.3 is 0 Å². The molecule has 4 rings (SSSR count). The predicted octanol–water partition coefficient (Wildman–Crippen LogP) is 9.59. The maximum atomic E-state index is 14.9. The van der Waals surface area contributed by atoms with Gasteiger partial charge in [-0.15, -0.1) is 0 Å². The number of carbonyl (C=O) groups is 3. The van der Waals surface area contributed by atoms with E-state index in [4.69, 9.17) is 0 Å². The van der Waals surface area contributed by atoms with Gasteiger partial charge in [0.15, 0.2) is 17.3 Å². The van der Waals surface area contributed by atoms with Gasteiger partial charge in [-0.05, 0) is 90.2 Å². The first-order valence-electron chi connectivity index (χ1n) is 16.2. The first kappa shape index (κ1) is 31.9. The second-order valence-corrected chi connectivity index (χ2v) is 16.0. The van der Waals surface area contributed by atoms with E-state index in [0.29, 0.717) is 12.0 Å². The lowest BCUT2D eigenvalue weighted by Crippen LogP contribution is -2.68. The fourth-order valence-electron chi connectivity index (χ4n) is 10.2. The van der Waals surface area contributed by atoms with Crippen molar-refractivity contribution < 1.29 is 14.4 Å². The van der Waals surface area contributed by atoms with E-state index >= 15 is 0 Å². The highest BCUT2D eigenvalue weighted by Crippen LogP contribution is 2.73. The van der Waals surface area contributed by atoms with Crippen LogP contribution in [0.15, 0.2) is 23.3 Å². The van der Waals surface area contributed by atoms with Crippen molar-refractivity contribution in [3.05, 3.63) is 45.5 Å². The van der Waals surface area contributed by atoms with Crippen LogP contribution in [0, 0.1) is 46.8 Å². The highest BCUT2D eigenvalue weighted by atomic mass is 16.2. The van der Waals surface area contributed by atoms with Gasteiger partial charge in [-0.1, -0.05) is 106 Å². The number of fused-ring (bicyclic) bond motifs is 3. The van der Waals surface area contributed by atoms with Gasteiger partial charge >= 0.3 is 0 Å². The van der Waals surface area contributed by atoms with E-state index in [9.17, 15) is 14.4 Å². The van der Waals surface area contributed by atoms with Crippen molar-refractivity contribution in [3.8, 4) is 0 Å². The van der Waals surface area contributed by atoms with Crippen LogP contribution in [0.1, 0.15) is 148 Å². The van der Waals surface area contributed by atoms with E-state index in [1.54, 1.807) is 0 Å². The zero-order chi connectivity index (χ0) is 31.0. The largest absolute Gasteiger partial charge is 0.294 e. The molecular formula is C38H56O3. The molecule has 0 aromatic heterocycles. The summed E-state index contributed by atoms with van der Waals surface area (Å²) in [6, 6.07) is 4.57. The molecule has 1 fully saturated rings. The molecule has 1 saturated carbocycles. The van der Waals surface area contributed by atoms with Gasteiger partial charge in [0.2, 0.25) is 0 Å². The Labute approximate surface area is 250 Å². The molecule has 0 heterocycles. The number of benzene rings is 1. The lowest BCUT2D eigenvalue weighted by Gasteiger charge is -2.69. The van der Waals surface area contributed by atoms with Crippen molar-refractivity contribution in [1.82, 2.24) is 0 Å². The minimum Gasteiger partial charge on any atom is -0.294 e. The van der Waals surface area contributed by atoms with Crippen LogP contribution in [0.4, 0.5) is 0 Å². The van der Waals surface area contributed by atoms with E-state index < -0.39 is 5.41 Å². The van der Waals surface area contributed by atoms with E-state index in [2.05, 4.69) is 88.3 Å². The van der Waals surface area contributed by atoms with Crippen molar-refractivity contribution >= 4 is 17.3 Å². The van der Waals surface area contributed by atoms with Crippen LogP contribution in [-0.4, -0.2) is 17.3 Å². The highest BCUT2D eigenvalue weighted by molar-refractivity contribution is 6.23. The molecule has 3 aliphatic rings. The molecule has 0 radical (unpaired) electrons. The minimum atomic E-state index is -0.787. The Morgan fingerprint density at radius 3 is 2.20 bits per heavy atom. The molecule has 41 heavy (non-hydrogen) atoms. The van der Waals surface area contributed by atoms with Crippen LogP contribution in [0.5, 0.6) is 0 Å². The summed E-state index contributed by atoms with van der Waals surface area (Å²) in [4.78, 5) is 42.0. The number of hydrogen-bond donors (Lipinski definition) is 0. The third-order valence-electron chi connectivity index (χ3n) is 13.3. The summed E-state index contributed by atoms with van der Waals surface area (Å²) in [6.45, 7) is 28.3. The quantitative estimate of drug-likeness (QED) is 0.246. The van der Waals surface area contributed by atoms with Crippen molar-refractivity contribution in [3.63, 3.8) is 0 Å². The van der Waals surface area contributed by atoms with E-state index in [1.807, 2.05) is 6.92 Å². The number of Topliss-reactive ketones (excluding diaryl/α,β-unsaturated/α-hetero) is 3. The normalized spacial score (nSPS) is 35.4. The van der Waals surface area contributed by atoms with Crippen LogP contribution in [0.25, 0.3) is 0 Å². The second-order valence-electron chi connectivity index (χ2n) is 16.0. The summed E-state index contributed by atoms with van der Waals surface area (Å²) in [5.74, 6) is 0.568. The molecule has 0 aliphatic heterocycles. The average Bonchev–Trinajstić information content (AvgIpc) is 2.86. The summed E-state index contributed by atoms with van der Waals surface area (Å²) >= 11 is 0. The summed E-state index contributed by atoms with van der Waals surface area (Å²) in [6.07, 6.45) is 5.49. The standard InChI is InChI=1S/C38H56O3/c1-21(2)16-14-15-19-35(9,10)29-18-17-28-24(5)37(12)27(8)36(11)20-22(3)30(26(7)39)34(41)38(36,13)25(6)32(37)33(40)31(28)23(29)4/h17-18,21,24-25,27,32H,14-16,19-20H2,1-13H3. The molecule has 3 nitrogen and oxygen atoms in total. The molecule has 0 amide bonds. The molecule has 0 N–H and O–H groups in total. The number of allylic oxidation sites excluding steroid dienone is 2. The maximum Gasteiger partial charge on any atom is 0.173 e. The molecule has 0 bridgehead atoms. The Balaban J connectivity index is 1.85. The summed E-state index contributed by atoms with van der Waals surface area (Å²) < 4.78 is 0. The zero-order valence-corrected chi connectivity index (χ0v) is 28.3. The van der Waals surface area contributed by atoms with Crippen LogP contribution in [-0.2, 0) is 15.0 Å². The zero-order valence-electron chi connectivity index (χ0n) is 28.3. The fraction of sp³-hybridized carbons (Fsp3) is 0.711. The Hall–Kier alpha value is -2.03. The Bertz CT molecular complexity index is 1310. The molecule has 3 heteroatoms. The number of unbranched alkanes of at least 4 members (excludes halogenated alkanes) is 1. The maximum absolute atomic E-state index is 14.9. The molecule has 3 aliphatic carbocycles. The minimum absolute atomic E-state index is 0.0194. The number of ketones is 3. The summed E-state index contributed by atoms with van der Waals surface area (Å²) in [5.41, 5.74) is 4.32. The van der Waals surface area contributed by atoms with Crippen molar-refractivity contribution in [2.75, 3.05) is 0 Å².